The second-order valence-electron chi connectivity index (χ2n) is 4.47. The first-order valence-corrected chi connectivity index (χ1v) is 7.40. The van der Waals surface area contributed by atoms with E-state index in [2.05, 4.69) is 31.2 Å². The number of rotatable bonds is 7. The lowest BCUT2D eigenvalue weighted by Gasteiger charge is -2.14. The molecule has 17 heavy (non-hydrogen) atoms. The molecule has 0 saturated carbocycles. The van der Waals surface area contributed by atoms with Crippen LogP contribution in [-0.4, -0.2) is 32.1 Å². The second kappa shape index (κ2) is 7.59. The Morgan fingerprint density at radius 3 is 2.59 bits per heavy atom. The van der Waals surface area contributed by atoms with Crippen LogP contribution in [0, 0.1) is 0 Å². The van der Waals surface area contributed by atoms with Crippen molar-refractivity contribution in [1.29, 1.82) is 0 Å². The highest BCUT2D eigenvalue weighted by atomic mass is 35.5. The Bertz CT molecular complexity index is 339. The lowest BCUT2D eigenvalue weighted by molar-refractivity contribution is 0.389. The van der Waals surface area contributed by atoms with Gasteiger partial charge in [-0.15, -0.1) is 11.3 Å². The lowest BCUT2D eigenvalue weighted by atomic mass is 10.2. The van der Waals surface area contributed by atoms with Gasteiger partial charge in [-0.25, -0.2) is 0 Å². The molecule has 1 N–H and O–H groups in total. The van der Waals surface area contributed by atoms with E-state index in [9.17, 15) is 0 Å². The average Bonchev–Trinajstić information content (AvgIpc) is 2.56. The summed E-state index contributed by atoms with van der Waals surface area (Å²) in [4.78, 5) is 2.21. The Morgan fingerprint density at radius 2 is 2.06 bits per heavy atom. The van der Waals surface area contributed by atoms with Crippen molar-refractivity contribution in [3.8, 4) is 0 Å². The van der Waals surface area contributed by atoms with Crippen LogP contribution in [0.1, 0.15) is 31.4 Å². The van der Waals surface area contributed by atoms with Gasteiger partial charge in [0, 0.05) is 6.04 Å². The van der Waals surface area contributed by atoms with E-state index < -0.39 is 0 Å². The molecule has 0 amide bonds. The molecule has 0 aliphatic carbocycles. The summed E-state index contributed by atoms with van der Waals surface area (Å²) < 4.78 is 1.55. The fourth-order valence-corrected chi connectivity index (χ4v) is 3.28. The summed E-state index contributed by atoms with van der Waals surface area (Å²) in [5, 5.41) is 3.47. The zero-order valence-corrected chi connectivity index (χ0v) is 12.9. The van der Waals surface area contributed by atoms with Crippen LogP contribution in [0.15, 0.2) is 6.07 Å². The van der Waals surface area contributed by atoms with Gasteiger partial charge in [0.1, 0.15) is 0 Å². The molecule has 0 saturated heterocycles. The van der Waals surface area contributed by atoms with Crippen molar-refractivity contribution in [2.45, 2.75) is 25.8 Å². The second-order valence-corrected chi connectivity index (χ2v) is 6.75. The van der Waals surface area contributed by atoms with Gasteiger partial charge in [0.05, 0.1) is 8.67 Å². The molecule has 0 radical (unpaired) electrons. The standard InChI is InChI=1S/C12H20Cl2N2S/c1-9(10-8-11(13)17-12(10)14)15-6-4-5-7-16(2)3/h8-9,15H,4-7H2,1-3H3. The molecule has 0 aliphatic heterocycles. The number of unbranched alkanes of at least 4 members (excludes halogenated alkanes) is 1. The van der Waals surface area contributed by atoms with E-state index in [1.807, 2.05) is 6.07 Å². The SMILES string of the molecule is CC(NCCCCN(C)C)c1cc(Cl)sc1Cl. The molecule has 0 aromatic carbocycles. The van der Waals surface area contributed by atoms with E-state index in [-0.39, 0.29) is 6.04 Å². The van der Waals surface area contributed by atoms with E-state index in [0.29, 0.717) is 0 Å². The molecular formula is C12H20Cl2N2S. The minimum atomic E-state index is 0.269. The van der Waals surface area contributed by atoms with Crippen LogP contribution in [0.4, 0.5) is 0 Å². The molecular weight excluding hydrogens is 275 g/mol. The normalized spacial score (nSPS) is 13.3. The largest absolute Gasteiger partial charge is 0.310 e. The summed E-state index contributed by atoms with van der Waals surface area (Å²) in [7, 11) is 4.20. The van der Waals surface area contributed by atoms with Gasteiger partial charge in [-0.2, -0.15) is 0 Å². The molecule has 1 aromatic heterocycles. The van der Waals surface area contributed by atoms with Crippen LogP contribution in [0.25, 0.3) is 0 Å². The topological polar surface area (TPSA) is 15.3 Å². The van der Waals surface area contributed by atoms with E-state index >= 15 is 0 Å². The van der Waals surface area contributed by atoms with Crippen LogP contribution in [0.3, 0.4) is 0 Å². The first-order chi connectivity index (χ1) is 8.00. The Labute approximate surface area is 118 Å². The maximum Gasteiger partial charge on any atom is 0.0991 e. The third kappa shape index (κ3) is 5.58. The summed E-state index contributed by atoms with van der Waals surface area (Å²) in [6, 6.07) is 2.22. The van der Waals surface area contributed by atoms with E-state index in [4.69, 9.17) is 23.2 Å². The number of nitrogens with zero attached hydrogens (tertiary/aromatic N) is 1. The van der Waals surface area contributed by atoms with Crippen LogP contribution in [0.5, 0.6) is 0 Å². The van der Waals surface area contributed by atoms with E-state index in [1.54, 1.807) is 0 Å². The predicted octanol–water partition coefficient (Wildman–Crippen LogP) is 4.05. The molecule has 5 heteroatoms. The third-order valence-corrected chi connectivity index (χ3v) is 4.15. The van der Waals surface area contributed by atoms with E-state index in [1.165, 1.54) is 24.2 Å². The highest BCUT2D eigenvalue weighted by molar-refractivity contribution is 7.20. The number of nitrogens with one attached hydrogen (secondary N) is 1. The van der Waals surface area contributed by atoms with Crippen LogP contribution in [-0.2, 0) is 0 Å². The van der Waals surface area contributed by atoms with Gasteiger partial charge in [0.2, 0.25) is 0 Å². The molecule has 0 bridgehead atoms. The smallest absolute Gasteiger partial charge is 0.0991 e. The fraction of sp³-hybridized carbons (Fsp3) is 0.667. The van der Waals surface area contributed by atoms with Gasteiger partial charge in [-0.3, -0.25) is 0 Å². The van der Waals surface area contributed by atoms with Crippen molar-refractivity contribution in [2.75, 3.05) is 27.2 Å². The van der Waals surface area contributed by atoms with Crippen molar-refractivity contribution < 1.29 is 0 Å². The molecule has 2 nitrogen and oxygen atoms in total. The quantitative estimate of drug-likeness (QED) is 0.764. The molecule has 1 unspecified atom stereocenters. The van der Waals surface area contributed by atoms with Crippen molar-refractivity contribution in [3.63, 3.8) is 0 Å². The monoisotopic (exact) mass is 294 g/mol. The van der Waals surface area contributed by atoms with Gasteiger partial charge in [-0.05, 0) is 58.6 Å². The predicted molar refractivity (Wildman–Crippen MR) is 78.5 cm³/mol. The van der Waals surface area contributed by atoms with Gasteiger partial charge < -0.3 is 10.2 Å². The van der Waals surface area contributed by atoms with Gasteiger partial charge in [-0.1, -0.05) is 23.2 Å². The van der Waals surface area contributed by atoms with Crippen molar-refractivity contribution in [1.82, 2.24) is 10.2 Å². The van der Waals surface area contributed by atoms with Gasteiger partial charge in [0.15, 0.2) is 0 Å². The Kier molecular flexibility index (Phi) is 6.82. The Balaban J connectivity index is 2.25. The number of halogens is 2. The maximum absolute atomic E-state index is 6.11. The molecule has 1 rings (SSSR count). The highest BCUT2D eigenvalue weighted by Gasteiger charge is 2.12. The van der Waals surface area contributed by atoms with Crippen LogP contribution in [0.2, 0.25) is 8.67 Å². The molecule has 1 heterocycles. The zero-order valence-electron chi connectivity index (χ0n) is 10.6. The van der Waals surface area contributed by atoms with E-state index in [0.717, 1.165) is 27.3 Å². The molecule has 0 spiro atoms. The van der Waals surface area contributed by atoms with Crippen LogP contribution >= 0.6 is 34.5 Å². The fourth-order valence-electron chi connectivity index (χ4n) is 1.63. The Morgan fingerprint density at radius 1 is 1.35 bits per heavy atom. The molecule has 0 fully saturated rings. The first kappa shape index (κ1) is 15.3. The lowest BCUT2D eigenvalue weighted by Crippen LogP contribution is -2.21. The van der Waals surface area contributed by atoms with Crippen molar-refractivity contribution in [2.24, 2.45) is 0 Å². The van der Waals surface area contributed by atoms with Crippen LogP contribution < -0.4 is 5.32 Å². The number of hydrogen-bond donors (Lipinski definition) is 1. The maximum atomic E-state index is 6.11. The summed E-state index contributed by atoms with van der Waals surface area (Å²) >= 11 is 13.5. The summed E-state index contributed by atoms with van der Waals surface area (Å²) in [6.45, 7) is 4.27. The van der Waals surface area contributed by atoms with Gasteiger partial charge in [0.25, 0.3) is 0 Å². The minimum Gasteiger partial charge on any atom is -0.310 e. The average molecular weight is 295 g/mol. The number of thiophene rings is 1. The molecule has 1 aromatic rings. The van der Waals surface area contributed by atoms with Crippen molar-refractivity contribution in [3.05, 3.63) is 20.3 Å². The summed E-state index contributed by atoms with van der Waals surface area (Å²) in [5.74, 6) is 0. The molecule has 0 aliphatic rings. The number of hydrogen-bond acceptors (Lipinski definition) is 3. The zero-order chi connectivity index (χ0) is 12.8. The van der Waals surface area contributed by atoms with Crippen molar-refractivity contribution >= 4 is 34.5 Å². The Hall–Kier alpha value is 0.200. The first-order valence-electron chi connectivity index (χ1n) is 5.83. The summed E-state index contributed by atoms with van der Waals surface area (Å²) in [6.07, 6.45) is 2.39. The van der Waals surface area contributed by atoms with Gasteiger partial charge >= 0.3 is 0 Å². The molecule has 1 atom stereocenters. The highest BCUT2D eigenvalue weighted by Crippen LogP contribution is 2.34. The molecule has 98 valence electrons. The minimum absolute atomic E-state index is 0.269. The third-order valence-electron chi connectivity index (χ3n) is 2.63. The summed E-state index contributed by atoms with van der Waals surface area (Å²) in [5.41, 5.74) is 1.11.